The third-order valence-corrected chi connectivity index (χ3v) is 17.4. The average molecular weight is 1290 g/mol. The molecular formula is C81H144N2O7P+. The number of carbonyl (C=O) groups is 2. The summed E-state index contributed by atoms with van der Waals surface area (Å²) in [6, 6.07) is -0.862. The number of likely N-dealkylation sites (N-methyl/N-ethyl adjacent to an activating group) is 1. The lowest BCUT2D eigenvalue weighted by atomic mass is 10.0. The minimum Gasteiger partial charge on any atom is -0.456 e. The number of allylic oxidation sites excluding steroid dienone is 19. The maximum atomic E-state index is 13.7. The van der Waals surface area contributed by atoms with Gasteiger partial charge in [0.25, 0.3) is 0 Å². The summed E-state index contributed by atoms with van der Waals surface area (Å²) in [6.07, 6.45) is 97.8. The van der Waals surface area contributed by atoms with Crippen molar-refractivity contribution in [3.63, 3.8) is 0 Å². The number of carbonyl (C=O) groups excluding carboxylic acids is 2. The van der Waals surface area contributed by atoms with Crippen LogP contribution in [0.1, 0.15) is 329 Å². The maximum Gasteiger partial charge on any atom is 0.472 e. The van der Waals surface area contributed by atoms with Crippen LogP contribution in [-0.4, -0.2) is 74.3 Å². The Morgan fingerprint density at radius 3 is 1.08 bits per heavy atom. The highest BCUT2D eigenvalue weighted by molar-refractivity contribution is 7.47. The van der Waals surface area contributed by atoms with E-state index in [9.17, 15) is 19.0 Å². The van der Waals surface area contributed by atoms with Gasteiger partial charge in [0.15, 0.2) is 0 Å². The molecule has 524 valence electrons. The summed E-state index contributed by atoms with van der Waals surface area (Å²) >= 11 is 0. The van der Waals surface area contributed by atoms with Crippen LogP contribution < -0.4 is 5.32 Å². The van der Waals surface area contributed by atoms with E-state index in [0.29, 0.717) is 17.4 Å². The molecule has 0 bridgehead atoms. The van der Waals surface area contributed by atoms with E-state index < -0.39 is 20.0 Å². The molecule has 0 rings (SSSR count). The second kappa shape index (κ2) is 69.2. The van der Waals surface area contributed by atoms with Crippen molar-refractivity contribution in [2.75, 3.05) is 40.9 Å². The van der Waals surface area contributed by atoms with Crippen LogP contribution in [-0.2, 0) is 27.9 Å². The van der Waals surface area contributed by atoms with Crippen LogP contribution in [0.25, 0.3) is 0 Å². The zero-order chi connectivity index (χ0) is 66.3. The normalized spacial score (nSPS) is 14.1. The first kappa shape index (κ1) is 87.4. The molecule has 0 saturated carbocycles. The van der Waals surface area contributed by atoms with E-state index in [0.717, 1.165) is 135 Å². The Bertz CT molecular complexity index is 1970. The molecule has 0 aliphatic heterocycles. The first-order chi connectivity index (χ1) is 44.4. The molecule has 3 atom stereocenters. The lowest BCUT2D eigenvalue weighted by molar-refractivity contribution is -0.870. The van der Waals surface area contributed by atoms with Gasteiger partial charge in [-0.25, -0.2) is 4.57 Å². The predicted molar refractivity (Wildman–Crippen MR) is 396 cm³/mol. The highest BCUT2D eigenvalue weighted by atomic mass is 31.2. The van der Waals surface area contributed by atoms with Crippen LogP contribution in [0.15, 0.2) is 122 Å². The third kappa shape index (κ3) is 70.6. The predicted octanol–water partition coefficient (Wildman–Crippen LogP) is 24.6. The summed E-state index contributed by atoms with van der Waals surface area (Å²) in [5.74, 6) is -0.513. The molecule has 9 nitrogen and oxygen atoms in total. The minimum atomic E-state index is -4.47. The number of amides is 1. The Labute approximate surface area is 563 Å². The fourth-order valence-electron chi connectivity index (χ4n) is 10.6. The molecule has 0 aromatic heterocycles. The standard InChI is InChI=1S/C81H143N2O7P/c1-7-10-13-16-19-22-25-28-30-32-34-36-38-40-41-43-44-46-48-50-52-55-58-61-64-67-70-73-80(84)82-78(77-89-91(86,87)88-76-75-83(4,5)6)79(72-69-66-63-60-57-54-27-24-21-18-15-12-9-3)90-81(85)74-71-68-65-62-59-56-53-51-49-47-45-42-39-37-35-33-31-29-26-23-20-17-14-11-8-2/h10,13,19-20,22-23,28-31,34-37,40-42,45,69,72,78-79H,7-9,11-12,14-18,21,24-27,32-33,38-39,43-44,46-68,70-71,73-77H2,1-6H3,(H-,82,84,86,87)/p+1/b13-10-,22-19-,23-20-,30-28-,31-29-,36-34-,37-35-,41-40-,45-42-,72-69+. The Kier molecular flexibility index (Phi) is 66.5. The van der Waals surface area contributed by atoms with E-state index in [4.69, 9.17) is 13.8 Å². The molecule has 91 heavy (non-hydrogen) atoms. The largest absolute Gasteiger partial charge is 0.472 e. The number of esters is 1. The second-order valence-electron chi connectivity index (χ2n) is 26.4. The lowest BCUT2D eigenvalue weighted by Gasteiger charge is -2.27. The molecule has 2 N–H and O–H groups in total. The lowest BCUT2D eigenvalue weighted by Crippen LogP contribution is -2.47. The van der Waals surface area contributed by atoms with Crippen LogP contribution >= 0.6 is 7.82 Å². The number of nitrogens with one attached hydrogen (secondary N) is 1. The molecule has 10 heteroatoms. The summed E-state index contributed by atoms with van der Waals surface area (Å²) in [6.45, 7) is 6.89. The number of unbranched alkanes of at least 4 members (excludes halogenated alkanes) is 34. The number of hydrogen-bond acceptors (Lipinski definition) is 6. The number of ether oxygens (including phenoxy) is 1. The molecule has 0 radical (unpaired) electrons. The number of nitrogens with zero attached hydrogens (tertiary/aromatic N) is 1. The Balaban J connectivity index is 5.07. The monoisotopic (exact) mass is 1290 g/mol. The zero-order valence-electron chi connectivity index (χ0n) is 60.1. The molecule has 0 aliphatic rings. The van der Waals surface area contributed by atoms with Crippen LogP contribution in [0, 0.1) is 0 Å². The fraction of sp³-hybridized carbons (Fsp3) is 0.728. The van der Waals surface area contributed by atoms with Crippen LogP contribution in [0.3, 0.4) is 0 Å². The van der Waals surface area contributed by atoms with Gasteiger partial charge in [-0.1, -0.05) is 316 Å². The van der Waals surface area contributed by atoms with Gasteiger partial charge < -0.3 is 19.4 Å². The number of phosphoric ester groups is 1. The summed E-state index contributed by atoms with van der Waals surface area (Å²) in [7, 11) is 1.48. The first-order valence-corrected chi connectivity index (χ1v) is 39.4. The van der Waals surface area contributed by atoms with Crippen LogP contribution in [0.5, 0.6) is 0 Å². The van der Waals surface area contributed by atoms with Crippen molar-refractivity contribution in [3.05, 3.63) is 122 Å². The van der Waals surface area contributed by atoms with E-state index >= 15 is 0 Å². The van der Waals surface area contributed by atoms with Crippen LogP contribution in [0.2, 0.25) is 0 Å². The molecular weight excluding hydrogens is 1140 g/mol. The number of phosphoric acid groups is 1. The van der Waals surface area contributed by atoms with Gasteiger partial charge in [-0.2, -0.15) is 0 Å². The van der Waals surface area contributed by atoms with Gasteiger partial charge in [-0.3, -0.25) is 18.6 Å². The van der Waals surface area contributed by atoms with E-state index in [-0.39, 0.29) is 31.5 Å². The third-order valence-electron chi connectivity index (χ3n) is 16.4. The molecule has 0 saturated heterocycles. The van der Waals surface area contributed by atoms with E-state index in [2.05, 4.69) is 135 Å². The summed E-state index contributed by atoms with van der Waals surface area (Å²) < 4.78 is 30.9. The Morgan fingerprint density at radius 2 is 0.703 bits per heavy atom. The summed E-state index contributed by atoms with van der Waals surface area (Å²) in [4.78, 5) is 38.0. The van der Waals surface area contributed by atoms with Gasteiger partial charge in [-0.15, -0.1) is 0 Å². The van der Waals surface area contributed by atoms with Gasteiger partial charge in [0.05, 0.1) is 33.8 Å². The molecule has 0 heterocycles. The average Bonchev–Trinajstić information content (AvgIpc) is 3.45. The van der Waals surface area contributed by atoms with Gasteiger partial charge in [0, 0.05) is 12.8 Å². The van der Waals surface area contributed by atoms with Gasteiger partial charge in [-0.05, 0) is 122 Å². The number of quaternary nitrogens is 1. The first-order valence-electron chi connectivity index (χ1n) is 37.9. The van der Waals surface area contributed by atoms with Crippen LogP contribution in [0.4, 0.5) is 0 Å². The van der Waals surface area contributed by atoms with Crippen molar-refractivity contribution in [2.24, 2.45) is 0 Å². The zero-order valence-corrected chi connectivity index (χ0v) is 60.9. The van der Waals surface area contributed by atoms with Gasteiger partial charge in [0.1, 0.15) is 19.3 Å². The van der Waals surface area contributed by atoms with Crippen molar-refractivity contribution >= 4 is 19.7 Å². The molecule has 1 amide bonds. The van der Waals surface area contributed by atoms with E-state index in [1.165, 1.54) is 161 Å². The molecule has 0 fully saturated rings. The maximum absolute atomic E-state index is 13.7. The van der Waals surface area contributed by atoms with Gasteiger partial charge >= 0.3 is 13.8 Å². The van der Waals surface area contributed by atoms with Crippen molar-refractivity contribution < 1.29 is 37.3 Å². The molecule has 0 spiro atoms. The minimum absolute atomic E-state index is 0.0336. The molecule has 3 unspecified atom stereocenters. The smallest absolute Gasteiger partial charge is 0.456 e. The van der Waals surface area contributed by atoms with Crippen molar-refractivity contribution in [3.8, 4) is 0 Å². The van der Waals surface area contributed by atoms with E-state index in [1.807, 2.05) is 33.3 Å². The highest BCUT2D eigenvalue weighted by Crippen LogP contribution is 2.43. The molecule has 0 aromatic carbocycles. The summed E-state index contributed by atoms with van der Waals surface area (Å²) in [5, 5.41) is 3.07. The Hall–Kier alpha value is -3.59. The molecule has 0 aliphatic carbocycles. The van der Waals surface area contributed by atoms with Crippen molar-refractivity contribution in [1.82, 2.24) is 5.32 Å². The van der Waals surface area contributed by atoms with Gasteiger partial charge in [0.2, 0.25) is 5.91 Å². The van der Waals surface area contributed by atoms with Crippen molar-refractivity contribution in [2.45, 2.75) is 341 Å². The molecule has 0 aromatic rings. The quantitative estimate of drug-likeness (QED) is 0.0205. The number of rotatable bonds is 68. The number of hydrogen-bond donors (Lipinski definition) is 2. The second-order valence-corrected chi connectivity index (χ2v) is 27.9. The Morgan fingerprint density at radius 1 is 0.396 bits per heavy atom. The summed E-state index contributed by atoms with van der Waals surface area (Å²) in [5.41, 5.74) is 0. The van der Waals surface area contributed by atoms with Crippen molar-refractivity contribution in [1.29, 1.82) is 0 Å². The van der Waals surface area contributed by atoms with E-state index in [1.54, 1.807) is 0 Å². The topological polar surface area (TPSA) is 111 Å². The fourth-order valence-corrected chi connectivity index (χ4v) is 11.3. The highest BCUT2D eigenvalue weighted by Gasteiger charge is 2.30. The SMILES string of the molecule is CC/C=C\C/C=C\C/C=C\C/C=C\C/C=C\CCCCCCCCCCCCCC(=O)NC(COP(=O)(O)OCC[N+](C)(C)C)C(/C=C/CCCCCCCCCCCCC)OC(=O)CCCCCCCCCCC/C=C\C/C=C\C/C=C\C/C=C\CCCCC.